The number of nitro groups is 1. The molecule has 0 bridgehead atoms. The molecule has 0 spiro atoms. The maximum absolute atomic E-state index is 12.3. The van der Waals surface area contributed by atoms with E-state index in [9.17, 15) is 19.7 Å². The Labute approximate surface area is 151 Å². The number of benzene rings is 2. The molecule has 2 aromatic carbocycles. The van der Waals surface area contributed by atoms with E-state index in [1.54, 1.807) is 24.3 Å². The molecule has 1 aromatic heterocycles. The van der Waals surface area contributed by atoms with E-state index in [4.69, 9.17) is 16.0 Å². The second kappa shape index (κ2) is 7.20. The zero-order valence-corrected chi connectivity index (χ0v) is 13.9. The predicted molar refractivity (Wildman–Crippen MR) is 98.3 cm³/mol. The summed E-state index contributed by atoms with van der Waals surface area (Å²) in [5.41, 5.74) is 0.449. The first-order chi connectivity index (χ1) is 12.5. The fourth-order valence-corrected chi connectivity index (χ4v) is 2.49. The molecular formula is C18H11ClN2O5. The van der Waals surface area contributed by atoms with Gasteiger partial charge in [0.05, 0.1) is 26.6 Å². The molecule has 3 rings (SSSR count). The molecule has 0 radical (unpaired) electrons. The van der Waals surface area contributed by atoms with Gasteiger partial charge in [0.2, 0.25) is 5.91 Å². The van der Waals surface area contributed by atoms with E-state index in [1.165, 1.54) is 24.5 Å². The van der Waals surface area contributed by atoms with Gasteiger partial charge in [0.1, 0.15) is 11.8 Å². The first-order valence-corrected chi connectivity index (χ1v) is 7.77. The van der Waals surface area contributed by atoms with E-state index in [1.807, 2.05) is 0 Å². The first-order valence-electron chi connectivity index (χ1n) is 7.39. The molecule has 130 valence electrons. The van der Waals surface area contributed by atoms with Crippen molar-refractivity contribution in [3.8, 4) is 0 Å². The van der Waals surface area contributed by atoms with E-state index in [-0.39, 0.29) is 27.4 Å². The van der Waals surface area contributed by atoms with Crippen LogP contribution in [0.5, 0.6) is 0 Å². The van der Waals surface area contributed by atoms with Gasteiger partial charge < -0.3 is 9.73 Å². The van der Waals surface area contributed by atoms with E-state index in [0.717, 1.165) is 12.1 Å². The third-order valence-electron chi connectivity index (χ3n) is 3.54. The van der Waals surface area contributed by atoms with Crippen molar-refractivity contribution >= 4 is 45.9 Å². The predicted octanol–water partition coefficient (Wildman–Crippen LogP) is 4.01. The maximum atomic E-state index is 12.3. The number of carbonyl (C=O) groups is 1. The van der Waals surface area contributed by atoms with Gasteiger partial charge in [0.15, 0.2) is 5.43 Å². The molecule has 0 atom stereocenters. The van der Waals surface area contributed by atoms with Gasteiger partial charge in [-0.1, -0.05) is 23.7 Å². The molecule has 0 unspecified atom stereocenters. The molecular weight excluding hydrogens is 360 g/mol. The summed E-state index contributed by atoms with van der Waals surface area (Å²) < 4.78 is 5.36. The van der Waals surface area contributed by atoms with Gasteiger partial charge in [-0.15, -0.1) is 0 Å². The molecule has 26 heavy (non-hydrogen) atoms. The van der Waals surface area contributed by atoms with Gasteiger partial charge in [-0.05, 0) is 24.3 Å². The largest absolute Gasteiger partial charge is 0.463 e. The van der Waals surface area contributed by atoms with Crippen LogP contribution in [0, 0.1) is 10.1 Å². The number of rotatable bonds is 4. The fraction of sp³-hybridized carbons (Fsp3) is 0. The van der Waals surface area contributed by atoms with Gasteiger partial charge in [0, 0.05) is 18.2 Å². The Bertz CT molecular complexity index is 1100. The lowest BCUT2D eigenvalue weighted by atomic mass is 10.1. The number of nitro benzene ring substituents is 1. The number of non-ortho nitro benzene ring substituents is 1. The van der Waals surface area contributed by atoms with Crippen LogP contribution >= 0.6 is 11.6 Å². The first kappa shape index (κ1) is 17.4. The van der Waals surface area contributed by atoms with Crippen LogP contribution in [-0.2, 0) is 4.79 Å². The summed E-state index contributed by atoms with van der Waals surface area (Å²) >= 11 is 5.92. The molecule has 0 fully saturated rings. The number of amides is 1. The molecule has 0 saturated heterocycles. The second-order valence-corrected chi connectivity index (χ2v) is 5.67. The molecule has 0 saturated carbocycles. The van der Waals surface area contributed by atoms with Crippen molar-refractivity contribution in [3.63, 3.8) is 0 Å². The number of para-hydroxylation sites is 1. The molecule has 1 amide bonds. The van der Waals surface area contributed by atoms with Crippen LogP contribution in [0.4, 0.5) is 11.4 Å². The van der Waals surface area contributed by atoms with Gasteiger partial charge >= 0.3 is 0 Å². The zero-order chi connectivity index (χ0) is 18.7. The second-order valence-electron chi connectivity index (χ2n) is 5.26. The van der Waals surface area contributed by atoms with Gasteiger partial charge in [0.25, 0.3) is 5.69 Å². The number of halogens is 1. The SMILES string of the molecule is O=C(/C=C/c1coc2ccccc2c1=O)Nc1ccc([N+](=O)[O-])cc1Cl. The number of carbonyl (C=O) groups excluding carboxylic acids is 1. The van der Waals surface area contributed by atoms with Crippen LogP contribution in [0.3, 0.4) is 0 Å². The van der Waals surface area contributed by atoms with Crippen LogP contribution < -0.4 is 10.7 Å². The molecule has 1 N–H and O–H groups in total. The summed E-state index contributed by atoms with van der Waals surface area (Å²) in [5, 5.41) is 13.6. The van der Waals surface area contributed by atoms with Crippen LogP contribution in [0.25, 0.3) is 17.0 Å². The van der Waals surface area contributed by atoms with Crippen molar-refractivity contribution in [1.29, 1.82) is 0 Å². The summed E-state index contributed by atoms with van der Waals surface area (Å²) in [7, 11) is 0. The van der Waals surface area contributed by atoms with Crippen molar-refractivity contribution in [2.45, 2.75) is 0 Å². The lowest BCUT2D eigenvalue weighted by molar-refractivity contribution is -0.384. The number of hydrogen-bond donors (Lipinski definition) is 1. The van der Waals surface area contributed by atoms with Gasteiger partial charge in [-0.2, -0.15) is 0 Å². The lowest BCUT2D eigenvalue weighted by Crippen LogP contribution is -2.09. The van der Waals surface area contributed by atoms with Crippen molar-refractivity contribution in [2.24, 2.45) is 0 Å². The Morgan fingerprint density at radius 3 is 2.73 bits per heavy atom. The summed E-state index contributed by atoms with van der Waals surface area (Å²) in [6.45, 7) is 0. The molecule has 0 aliphatic heterocycles. The van der Waals surface area contributed by atoms with Crippen molar-refractivity contribution in [1.82, 2.24) is 0 Å². The summed E-state index contributed by atoms with van der Waals surface area (Å²) in [5.74, 6) is -0.548. The van der Waals surface area contributed by atoms with Gasteiger partial charge in [-0.25, -0.2) is 0 Å². The minimum absolute atomic E-state index is 0.0335. The number of nitrogens with one attached hydrogen (secondary N) is 1. The number of fused-ring (bicyclic) bond motifs is 1. The topological polar surface area (TPSA) is 102 Å². The highest BCUT2D eigenvalue weighted by Crippen LogP contribution is 2.26. The highest BCUT2D eigenvalue weighted by molar-refractivity contribution is 6.34. The Morgan fingerprint density at radius 1 is 1.23 bits per heavy atom. The maximum Gasteiger partial charge on any atom is 0.271 e. The molecule has 3 aromatic rings. The minimum Gasteiger partial charge on any atom is -0.463 e. The highest BCUT2D eigenvalue weighted by Gasteiger charge is 2.11. The van der Waals surface area contributed by atoms with Crippen LogP contribution in [-0.4, -0.2) is 10.8 Å². The Balaban J connectivity index is 1.79. The van der Waals surface area contributed by atoms with E-state index in [0.29, 0.717) is 11.0 Å². The number of nitrogens with zero attached hydrogens (tertiary/aromatic N) is 1. The zero-order valence-electron chi connectivity index (χ0n) is 13.1. The smallest absolute Gasteiger partial charge is 0.271 e. The number of hydrogen-bond acceptors (Lipinski definition) is 5. The summed E-state index contributed by atoms with van der Waals surface area (Å²) in [6.07, 6.45) is 3.75. The third kappa shape index (κ3) is 3.62. The summed E-state index contributed by atoms with van der Waals surface area (Å²) in [6, 6.07) is 10.5. The quantitative estimate of drug-likeness (QED) is 0.424. The van der Waals surface area contributed by atoms with Crippen molar-refractivity contribution in [2.75, 3.05) is 5.32 Å². The molecule has 0 aliphatic carbocycles. The third-order valence-corrected chi connectivity index (χ3v) is 3.86. The molecule has 7 nitrogen and oxygen atoms in total. The highest BCUT2D eigenvalue weighted by atomic mass is 35.5. The average Bonchev–Trinajstić information content (AvgIpc) is 2.63. The standard InChI is InChI=1S/C18H11ClN2O5/c19-14-9-12(21(24)25)6-7-15(14)20-17(22)8-5-11-10-26-16-4-2-1-3-13(16)18(11)23/h1-10H,(H,20,22)/b8-5+. The monoisotopic (exact) mass is 370 g/mol. The Hall–Kier alpha value is -3.45. The average molecular weight is 371 g/mol. The van der Waals surface area contributed by atoms with E-state index in [2.05, 4.69) is 5.32 Å². The van der Waals surface area contributed by atoms with Crippen LogP contribution in [0.15, 0.2) is 64.0 Å². The van der Waals surface area contributed by atoms with E-state index < -0.39 is 10.8 Å². The normalized spacial score (nSPS) is 11.0. The van der Waals surface area contributed by atoms with E-state index >= 15 is 0 Å². The number of anilines is 1. The van der Waals surface area contributed by atoms with Crippen LogP contribution in [0.2, 0.25) is 5.02 Å². The van der Waals surface area contributed by atoms with Gasteiger partial charge in [-0.3, -0.25) is 19.7 Å². The molecule has 8 heteroatoms. The lowest BCUT2D eigenvalue weighted by Gasteiger charge is -2.04. The Kier molecular flexibility index (Phi) is 4.81. The minimum atomic E-state index is -0.587. The van der Waals surface area contributed by atoms with Crippen molar-refractivity contribution in [3.05, 3.63) is 85.7 Å². The van der Waals surface area contributed by atoms with Crippen LogP contribution in [0.1, 0.15) is 5.56 Å². The molecule has 1 heterocycles. The summed E-state index contributed by atoms with van der Waals surface area (Å²) in [4.78, 5) is 34.4. The Morgan fingerprint density at radius 2 is 2.00 bits per heavy atom. The molecule has 0 aliphatic rings. The fourth-order valence-electron chi connectivity index (χ4n) is 2.27. The van der Waals surface area contributed by atoms with Crippen molar-refractivity contribution < 1.29 is 14.1 Å².